The molecule has 0 spiro atoms. The molecule has 1 heterocycles. The molecular weight excluding hydrogens is 285 g/mol. The van der Waals surface area contributed by atoms with E-state index in [4.69, 9.17) is 5.11 Å². The van der Waals surface area contributed by atoms with Crippen LogP contribution in [0.25, 0.3) is 0 Å². The van der Waals surface area contributed by atoms with Crippen molar-refractivity contribution >= 4 is 5.97 Å². The van der Waals surface area contributed by atoms with E-state index in [9.17, 15) is 18.0 Å². The van der Waals surface area contributed by atoms with E-state index in [0.29, 0.717) is 25.0 Å². The Kier molecular flexibility index (Phi) is 3.80. The van der Waals surface area contributed by atoms with Crippen molar-refractivity contribution in [3.05, 3.63) is 17.0 Å². The average molecular weight is 304 g/mol. The summed E-state index contributed by atoms with van der Waals surface area (Å²) in [7, 11) is 0. The lowest BCUT2D eigenvalue weighted by molar-refractivity contribution is -0.143. The number of aliphatic carboxylic acids is 1. The van der Waals surface area contributed by atoms with E-state index < -0.39 is 29.3 Å². The Hall–Kier alpha value is -1.53. The molecule has 0 aromatic carbocycles. The molecule has 0 saturated carbocycles. The van der Waals surface area contributed by atoms with Gasteiger partial charge in [-0.25, -0.2) is 0 Å². The molecule has 118 valence electrons. The van der Waals surface area contributed by atoms with Gasteiger partial charge in [0.05, 0.1) is 12.0 Å². The summed E-state index contributed by atoms with van der Waals surface area (Å²) in [4.78, 5) is 10.9. The number of carboxylic acids is 1. The molecule has 21 heavy (non-hydrogen) atoms. The summed E-state index contributed by atoms with van der Waals surface area (Å²) in [5.74, 6) is -1.69. The number of halogens is 3. The van der Waals surface area contributed by atoms with Crippen molar-refractivity contribution in [3.63, 3.8) is 0 Å². The highest BCUT2D eigenvalue weighted by Crippen LogP contribution is 2.43. The molecule has 0 bridgehead atoms. The molecule has 4 nitrogen and oxygen atoms in total. The van der Waals surface area contributed by atoms with Crippen molar-refractivity contribution in [3.8, 4) is 0 Å². The highest BCUT2D eigenvalue weighted by Gasteiger charge is 2.43. The van der Waals surface area contributed by atoms with Crippen LogP contribution in [0.2, 0.25) is 0 Å². The number of fused-ring (bicyclic) bond motifs is 1. The summed E-state index contributed by atoms with van der Waals surface area (Å²) >= 11 is 0. The monoisotopic (exact) mass is 304 g/mol. The Bertz CT molecular complexity index is 556. The average Bonchev–Trinajstić information content (AvgIpc) is 2.67. The van der Waals surface area contributed by atoms with Crippen LogP contribution in [0.3, 0.4) is 0 Å². The fraction of sp³-hybridized carbons (Fsp3) is 0.714. The number of hydrogen-bond donors (Lipinski definition) is 1. The van der Waals surface area contributed by atoms with Crippen LogP contribution in [0, 0.1) is 0 Å². The van der Waals surface area contributed by atoms with E-state index in [2.05, 4.69) is 5.10 Å². The number of rotatable bonds is 2. The smallest absolute Gasteiger partial charge is 0.435 e. The van der Waals surface area contributed by atoms with Crippen LogP contribution in [0.15, 0.2) is 0 Å². The van der Waals surface area contributed by atoms with Gasteiger partial charge in [0.15, 0.2) is 5.69 Å². The first kappa shape index (κ1) is 15.9. The first-order chi connectivity index (χ1) is 9.51. The van der Waals surface area contributed by atoms with E-state index in [-0.39, 0.29) is 12.0 Å². The Morgan fingerprint density at radius 1 is 1.38 bits per heavy atom. The number of carbonyl (C=O) groups is 1. The number of nitrogens with zero attached hydrogens (tertiary/aromatic N) is 2. The van der Waals surface area contributed by atoms with Crippen molar-refractivity contribution < 1.29 is 23.1 Å². The molecular formula is C14H19F3N2O2. The summed E-state index contributed by atoms with van der Waals surface area (Å²) < 4.78 is 41.2. The van der Waals surface area contributed by atoms with E-state index in [1.165, 1.54) is 4.68 Å². The zero-order valence-corrected chi connectivity index (χ0v) is 12.3. The number of alkyl halides is 3. The maximum absolute atomic E-state index is 13.3. The second kappa shape index (κ2) is 5.03. The van der Waals surface area contributed by atoms with Gasteiger partial charge >= 0.3 is 12.1 Å². The molecule has 1 aromatic rings. The molecule has 0 amide bonds. The van der Waals surface area contributed by atoms with E-state index >= 15 is 0 Å². The van der Waals surface area contributed by atoms with E-state index in [1.54, 1.807) is 20.8 Å². The van der Waals surface area contributed by atoms with Gasteiger partial charge in [0.2, 0.25) is 0 Å². The molecule has 0 fully saturated rings. The Morgan fingerprint density at radius 2 is 2.00 bits per heavy atom. The molecule has 0 radical (unpaired) electrons. The van der Waals surface area contributed by atoms with Gasteiger partial charge in [-0.1, -0.05) is 0 Å². The Balaban J connectivity index is 2.63. The highest BCUT2D eigenvalue weighted by atomic mass is 19.4. The van der Waals surface area contributed by atoms with Gasteiger partial charge < -0.3 is 5.11 Å². The minimum absolute atomic E-state index is 0.0890. The molecule has 2 rings (SSSR count). The summed E-state index contributed by atoms with van der Waals surface area (Å²) in [5, 5.41) is 12.7. The molecule has 0 aliphatic heterocycles. The zero-order chi connectivity index (χ0) is 16.0. The molecule has 1 unspecified atom stereocenters. The Morgan fingerprint density at radius 3 is 2.48 bits per heavy atom. The van der Waals surface area contributed by atoms with Crippen LogP contribution in [0.5, 0.6) is 0 Å². The summed E-state index contributed by atoms with van der Waals surface area (Å²) in [6.07, 6.45) is -3.20. The first-order valence-electron chi connectivity index (χ1n) is 6.93. The minimum Gasteiger partial charge on any atom is -0.481 e. The molecule has 1 atom stereocenters. The summed E-state index contributed by atoms with van der Waals surface area (Å²) in [6, 6.07) is 0. The third-order valence-electron chi connectivity index (χ3n) is 3.72. The number of carboxylic acid groups (broad SMARTS) is 1. The molecule has 1 aliphatic carbocycles. The van der Waals surface area contributed by atoms with Crippen LogP contribution in [0.1, 0.15) is 62.9 Å². The first-order valence-corrected chi connectivity index (χ1v) is 6.93. The van der Waals surface area contributed by atoms with Crippen LogP contribution in [0.4, 0.5) is 13.2 Å². The van der Waals surface area contributed by atoms with Crippen molar-refractivity contribution in [1.29, 1.82) is 0 Å². The lowest BCUT2D eigenvalue weighted by Crippen LogP contribution is -2.27. The standard InChI is InChI=1S/C14H19F3N2O2/c1-13(2,3)19-9-6-4-5-8(7-10(20)21)11(9)12(18-19)14(15,16)17/h8H,4-7H2,1-3H3,(H,20,21). The maximum atomic E-state index is 13.3. The van der Waals surface area contributed by atoms with Crippen molar-refractivity contribution in [2.75, 3.05) is 0 Å². The van der Waals surface area contributed by atoms with Gasteiger partial charge in [-0.2, -0.15) is 18.3 Å². The van der Waals surface area contributed by atoms with Crippen LogP contribution >= 0.6 is 0 Å². The largest absolute Gasteiger partial charge is 0.481 e. The van der Waals surface area contributed by atoms with Crippen LogP contribution in [-0.2, 0) is 22.9 Å². The minimum atomic E-state index is -4.56. The summed E-state index contributed by atoms with van der Waals surface area (Å²) in [5.41, 5.74) is -0.865. The predicted molar refractivity (Wildman–Crippen MR) is 70.2 cm³/mol. The zero-order valence-electron chi connectivity index (χ0n) is 12.3. The SMILES string of the molecule is CC(C)(C)n1nc(C(F)(F)F)c2c1CCCC2CC(=O)O. The normalized spacial score (nSPS) is 19.4. The highest BCUT2D eigenvalue weighted by molar-refractivity contribution is 5.68. The molecule has 7 heteroatoms. The third-order valence-corrected chi connectivity index (χ3v) is 3.72. The lowest BCUT2D eigenvalue weighted by Gasteiger charge is -2.27. The molecule has 1 aromatic heterocycles. The maximum Gasteiger partial charge on any atom is 0.435 e. The van der Waals surface area contributed by atoms with Crippen LogP contribution < -0.4 is 0 Å². The Labute approximate surface area is 120 Å². The number of hydrogen-bond acceptors (Lipinski definition) is 2. The van der Waals surface area contributed by atoms with Crippen LogP contribution in [-0.4, -0.2) is 20.9 Å². The fourth-order valence-electron chi connectivity index (χ4n) is 2.97. The topological polar surface area (TPSA) is 55.1 Å². The van der Waals surface area contributed by atoms with E-state index in [1.807, 2.05) is 0 Å². The van der Waals surface area contributed by atoms with Crippen molar-refractivity contribution in [1.82, 2.24) is 9.78 Å². The van der Waals surface area contributed by atoms with Gasteiger partial charge in [-0.05, 0) is 46.0 Å². The van der Waals surface area contributed by atoms with Crippen molar-refractivity contribution in [2.24, 2.45) is 0 Å². The number of aromatic nitrogens is 2. The molecule has 0 saturated heterocycles. The van der Waals surface area contributed by atoms with Gasteiger partial charge in [0, 0.05) is 11.3 Å². The van der Waals surface area contributed by atoms with Gasteiger partial charge in [0.1, 0.15) is 0 Å². The van der Waals surface area contributed by atoms with Gasteiger partial charge in [-0.3, -0.25) is 9.48 Å². The fourth-order valence-corrected chi connectivity index (χ4v) is 2.97. The lowest BCUT2D eigenvalue weighted by atomic mass is 9.82. The second-order valence-electron chi connectivity index (χ2n) is 6.48. The summed E-state index contributed by atoms with van der Waals surface area (Å²) in [6.45, 7) is 5.38. The van der Waals surface area contributed by atoms with Gasteiger partial charge in [0.25, 0.3) is 0 Å². The second-order valence-corrected chi connectivity index (χ2v) is 6.48. The molecule has 1 aliphatic rings. The van der Waals surface area contributed by atoms with E-state index in [0.717, 1.165) is 0 Å². The molecule has 1 N–H and O–H groups in total. The predicted octanol–water partition coefficient (Wildman–Crippen LogP) is 3.55. The third kappa shape index (κ3) is 3.06. The van der Waals surface area contributed by atoms with Crippen molar-refractivity contribution in [2.45, 2.75) is 64.1 Å². The quantitative estimate of drug-likeness (QED) is 0.909. The van der Waals surface area contributed by atoms with Gasteiger partial charge in [-0.15, -0.1) is 0 Å².